The van der Waals surface area contributed by atoms with Crippen molar-refractivity contribution in [1.82, 2.24) is 9.47 Å². The van der Waals surface area contributed by atoms with Gasteiger partial charge in [0, 0.05) is 48.9 Å². The molecule has 4 aromatic rings. The number of nitrogens with one attached hydrogen (secondary N) is 2. The third-order valence-electron chi connectivity index (χ3n) is 8.82. The van der Waals surface area contributed by atoms with Crippen LogP contribution in [0.5, 0.6) is 0 Å². The number of carbonyl (C=O) groups is 3. The van der Waals surface area contributed by atoms with Crippen molar-refractivity contribution in [3.05, 3.63) is 115 Å². The number of nitrogens with zero attached hydrogens (tertiary/aromatic N) is 2. The third-order valence-corrected chi connectivity index (χ3v) is 10.1. The Kier molecular flexibility index (Phi) is 9.51. The highest BCUT2D eigenvalue weighted by molar-refractivity contribution is 7.14. The molecule has 1 fully saturated rings. The molecule has 2 N–H and O–H groups in total. The number of rotatable bonds is 8. The Morgan fingerprint density at radius 3 is 2.55 bits per heavy atom. The second kappa shape index (κ2) is 13.9. The molecule has 0 spiro atoms. The van der Waals surface area contributed by atoms with Crippen LogP contribution in [0.1, 0.15) is 60.0 Å². The molecule has 10 heteroatoms. The smallest absolute Gasteiger partial charge is 0.265 e. The van der Waals surface area contributed by atoms with E-state index in [1.165, 1.54) is 23.3 Å². The zero-order valence-corrected chi connectivity index (χ0v) is 27.5. The van der Waals surface area contributed by atoms with Gasteiger partial charge >= 0.3 is 0 Å². The zero-order valence-electron chi connectivity index (χ0n) is 26.7. The standard InChI is InChI=1S/C37H38N4O5S/c1-4-34(42)38-31-19-24(12-13-29(31)37(45)41-14-16-46-17-15-41)18-26-20-27(22-40(3)36(26)44)28-9-7-10-30(23(28)2)39-35(43)33-21-25-8-5-6-11-32(25)47-33/h4,7,9-10,12-13,19-22H,1,5-6,8,11,14-18H2,2-3H3,(H,38,42)(H,39,43). The number of fused-ring (bicyclic) bond motifs is 1. The van der Waals surface area contributed by atoms with Gasteiger partial charge in [-0.25, -0.2) is 0 Å². The maximum atomic E-state index is 13.3. The normalized spacial score (nSPS) is 14.3. The fraction of sp³-hybridized carbons (Fsp3) is 0.297. The van der Waals surface area contributed by atoms with Gasteiger partial charge in [0.2, 0.25) is 5.91 Å². The summed E-state index contributed by atoms with van der Waals surface area (Å²) in [7, 11) is 1.72. The first-order valence-electron chi connectivity index (χ1n) is 15.9. The molecule has 3 heterocycles. The molecule has 1 saturated heterocycles. The molecule has 2 aromatic carbocycles. The van der Waals surface area contributed by atoms with Crippen LogP contribution in [0.2, 0.25) is 0 Å². The van der Waals surface area contributed by atoms with E-state index in [2.05, 4.69) is 17.2 Å². The number of anilines is 2. The van der Waals surface area contributed by atoms with Crippen molar-refractivity contribution in [2.45, 2.75) is 39.0 Å². The first-order valence-corrected chi connectivity index (χ1v) is 16.7. The van der Waals surface area contributed by atoms with Gasteiger partial charge in [-0.3, -0.25) is 19.2 Å². The molecular formula is C37H38N4O5S. The fourth-order valence-electron chi connectivity index (χ4n) is 6.26. The SMILES string of the molecule is C=CC(=O)Nc1cc(Cc2cc(-c3cccc(NC(=O)c4cc5c(s4)CCCC5)c3C)cn(C)c2=O)ccc1C(=O)N1CCOCC1. The largest absolute Gasteiger partial charge is 0.378 e. The van der Waals surface area contributed by atoms with Gasteiger partial charge < -0.3 is 24.8 Å². The van der Waals surface area contributed by atoms with Gasteiger partial charge in [-0.05, 0) is 96.8 Å². The Morgan fingerprint density at radius 1 is 1.00 bits per heavy atom. The molecule has 242 valence electrons. The number of aryl methyl sites for hydroxylation is 3. The molecule has 0 radical (unpaired) electrons. The predicted octanol–water partition coefficient (Wildman–Crippen LogP) is 5.74. The number of carbonyl (C=O) groups excluding carboxylic acids is 3. The van der Waals surface area contributed by atoms with Gasteiger partial charge in [0.15, 0.2) is 0 Å². The Bertz CT molecular complexity index is 1910. The molecule has 0 bridgehead atoms. The quantitative estimate of drug-likeness (QED) is 0.237. The fourth-order valence-corrected chi connectivity index (χ4v) is 7.41. The summed E-state index contributed by atoms with van der Waals surface area (Å²) in [5, 5.41) is 5.89. The van der Waals surface area contributed by atoms with Crippen LogP contribution in [0.3, 0.4) is 0 Å². The Morgan fingerprint density at radius 2 is 1.79 bits per heavy atom. The van der Waals surface area contributed by atoms with Crippen molar-refractivity contribution in [3.8, 4) is 11.1 Å². The number of ether oxygens (including phenoxy) is 1. The number of amides is 3. The lowest BCUT2D eigenvalue weighted by molar-refractivity contribution is -0.111. The molecule has 47 heavy (non-hydrogen) atoms. The molecule has 6 rings (SSSR count). The number of morpholine rings is 1. The van der Waals surface area contributed by atoms with Crippen molar-refractivity contribution in [1.29, 1.82) is 0 Å². The number of hydrogen-bond acceptors (Lipinski definition) is 6. The molecule has 2 aromatic heterocycles. The minimum Gasteiger partial charge on any atom is -0.378 e. The highest BCUT2D eigenvalue weighted by Gasteiger charge is 2.23. The van der Waals surface area contributed by atoms with E-state index in [1.54, 1.807) is 46.2 Å². The molecule has 1 aliphatic carbocycles. The van der Waals surface area contributed by atoms with Crippen molar-refractivity contribution in [2.24, 2.45) is 7.05 Å². The number of benzene rings is 2. The second-order valence-electron chi connectivity index (χ2n) is 12.0. The highest BCUT2D eigenvalue weighted by atomic mass is 32.1. The number of hydrogen-bond donors (Lipinski definition) is 2. The van der Waals surface area contributed by atoms with E-state index in [0.29, 0.717) is 43.1 Å². The summed E-state index contributed by atoms with van der Waals surface area (Å²) in [5.74, 6) is -0.740. The average molecular weight is 651 g/mol. The van der Waals surface area contributed by atoms with E-state index in [4.69, 9.17) is 4.74 Å². The van der Waals surface area contributed by atoms with Crippen LogP contribution in [-0.2, 0) is 35.8 Å². The van der Waals surface area contributed by atoms with Gasteiger partial charge in [-0.15, -0.1) is 11.3 Å². The van der Waals surface area contributed by atoms with Crippen molar-refractivity contribution in [3.63, 3.8) is 0 Å². The maximum absolute atomic E-state index is 13.3. The molecule has 3 amide bonds. The third kappa shape index (κ3) is 6.99. The van der Waals surface area contributed by atoms with E-state index >= 15 is 0 Å². The van der Waals surface area contributed by atoms with E-state index in [0.717, 1.165) is 51.7 Å². The summed E-state index contributed by atoms with van der Waals surface area (Å²) in [5.41, 5.74) is 6.53. The molecule has 9 nitrogen and oxygen atoms in total. The van der Waals surface area contributed by atoms with Gasteiger partial charge in [-0.1, -0.05) is 24.8 Å². The average Bonchev–Trinajstić information content (AvgIpc) is 3.53. The van der Waals surface area contributed by atoms with Crippen LogP contribution >= 0.6 is 11.3 Å². The second-order valence-corrected chi connectivity index (χ2v) is 13.2. The van der Waals surface area contributed by atoms with Crippen LogP contribution < -0.4 is 16.2 Å². The lowest BCUT2D eigenvalue weighted by Crippen LogP contribution is -2.41. The van der Waals surface area contributed by atoms with Gasteiger partial charge in [-0.2, -0.15) is 0 Å². The zero-order chi connectivity index (χ0) is 33.1. The van der Waals surface area contributed by atoms with Crippen molar-refractivity contribution >= 4 is 40.4 Å². The lowest BCUT2D eigenvalue weighted by atomic mass is 9.96. The van der Waals surface area contributed by atoms with Crippen LogP contribution in [0.4, 0.5) is 11.4 Å². The number of aromatic nitrogens is 1. The molecule has 0 saturated carbocycles. The molecular weight excluding hydrogens is 612 g/mol. The van der Waals surface area contributed by atoms with Crippen molar-refractivity contribution < 1.29 is 19.1 Å². The molecule has 0 atom stereocenters. The summed E-state index contributed by atoms with van der Waals surface area (Å²) in [4.78, 5) is 56.0. The van der Waals surface area contributed by atoms with Gasteiger partial charge in [0.25, 0.3) is 17.4 Å². The van der Waals surface area contributed by atoms with E-state index in [-0.39, 0.29) is 23.8 Å². The van der Waals surface area contributed by atoms with Crippen LogP contribution in [-0.4, -0.2) is 53.5 Å². The Labute approximate surface area is 277 Å². The lowest BCUT2D eigenvalue weighted by Gasteiger charge is -2.27. The van der Waals surface area contributed by atoms with Gasteiger partial charge in [0.05, 0.1) is 29.3 Å². The van der Waals surface area contributed by atoms with Gasteiger partial charge in [0.1, 0.15) is 0 Å². The summed E-state index contributed by atoms with van der Waals surface area (Å²) in [6.45, 7) is 7.37. The highest BCUT2D eigenvalue weighted by Crippen LogP contribution is 2.32. The van der Waals surface area contributed by atoms with Crippen LogP contribution in [0.25, 0.3) is 11.1 Å². The predicted molar refractivity (Wildman–Crippen MR) is 186 cm³/mol. The topological polar surface area (TPSA) is 110 Å². The van der Waals surface area contributed by atoms with Crippen LogP contribution in [0, 0.1) is 6.92 Å². The first kappa shape index (κ1) is 32.2. The Hall–Kier alpha value is -4.80. The number of thiophene rings is 1. The maximum Gasteiger partial charge on any atom is 0.265 e. The first-order chi connectivity index (χ1) is 22.7. The van der Waals surface area contributed by atoms with Crippen LogP contribution in [0.15, 0.2) is 72.2 Å². The summed E-state index contributed by atoms with van der Waals surface area (Å²) in [6.07, 6.45) is 7.64. The minimum absolute atomic E-state index is 0.110. The van der Waals surface area contributed by atoms with E-state index in [1.807, 2.05) is 43.3 Å². The summed E-state index contributed by atoms with van der Waals surface area (Å²) < 4.78 is 6.94. The van der Waals surface area contributed by atoms with E-state index in [9.17, 15) is 19.2 Å². The molecule has 2 aliphatic rings. The summed E-state index contributed by atoms with van der Waals surface area (Å²) >= 11 is 1.59. The minimum atomic E-state index is -0.433. The Balaban J connectivity index is 1.28. The molecule has 1 aliphatic heterocycles. The monoisotopic (exact) mass is 650 g/mol. The molecule has 0 unspecified atom stereocenters. The number of pyridine rings is 1. The van der Waals surface area contributed by atoms with E-state index < -0.39 is 5.91 Å². The summed E-state index contributed by atoms with van der Waals surface area (Å²) in [6, 6.07) is 14.9. The van der Waals surface area contributed by atoms with Crippen molar-refractivity contribution in [2.75, 3.05) is 36.9 Å².